The van der Waals surface area contributed by atoms with Gasteiger partial charge in [0, 0.05) is 6.92 Å². The monoisotopic (exact) mass is 176 g/mol. The fraction of sp³-hybridized carbons (Fsp3) is 0.750. The second-order valence-electron chi connectivity index (χ2n) is 1.47. The maximum atomic E-state index is 11.4. The van der Waals surface area contributed by atoms with Crippen LogP contribution in [0.5, 0.6) is 0 Å². The first-order chi connectivity index (χ1) is 4.34. The molecule has 0 aromatic rings. The van der Waals surface area contributed by atoms with Crippen LogP contribution in [0, 0.1) is 0 Å². The largest absolute Gasteiger partial charge is 0.440 e. The summed E-state index contributed by atoms with van der Waals surface area (Å²) in [6.07, 6.45) is -4.69. The number of ether oxygens (including phenoxy) is 1. The Kier molecular flexibility index (Phi) is 2.96. The van der Waals surface area contributed by atoms with Crippen molar-refractivity contribution < 1.29 is 22.7 Å². The summed E-state index contributed by atoms with van der Waals surface area (Å²) in [5, 5.41) is 0. The van der Waals surface area contributed by atoms with E-state index in [1.807, 2.05) is 0 Å². The standard InChI is InChI=1S/C4H4ClF3O2/c1-2(9)10-3(5)4(6,7)8/h3H,1H3. The van der Waals surface area contributed by atoms with Crippen molar-refractivity contribution in [1.29, 1.82) is 0 Å². The molecular formula is C4H4ClF3O2. The fourth-order valence-corrected chi connectivity index (χ4v) is 0.338. The Morgan fingerprint density at radius 1 is 1.60 bits per heavy atom. The summed E-state index contributed by atoms with van der Waals surface area (Å²) < 4.78 is 37.8. The average molecular weight is 177 g/mol. The van der Waals surface area contributed by atoms with Crippen LogP contribution < -0.4 is 0 Å². The molecule has 0 aliphatic heterocycles. The molecule has 0 heterocycles. The Morgan fingerprint density at radius 3 is 2.10 bits per heavy atom. The topological polar surface area (TPSA) is 26.3 Å². The second-order valence-corrected chi connectivity index (χ2v) is 1.86. The van der Waals surface area contributed by atoms with E-state index in [2.05, 4.69) is 16.3 Å². The van der Waals surface area contributed by atoms with Gasteiger partial charge in [-0.25, -0.2) is 0 Å². The van der Waals surface area contributed by atoms with Crippen LogP contribution in [0.4, 0.5) is 13.2 Å². The molecule has 1 atom stereocenters. The zero-order valence-corrected chi connectivity index (χ0v) is 5.66. The highest BCUT2D eigenvalue weighted by molar-refractivity contribution is 6.20. The number of esters is 1. The first kappa shape index (κ1) is 9.55. The number of hydrogen-bond donors (Lipinski definition) is 0. The predicted molar refractivity (Wildman–Crippen MR) is 27.5 cm³/mol. The van der Waals surface area contributed by atoms with E-state index in [0.29, 0.717) is 0 Å². The average Bonchev–Trinajstić information content (AvgIpc) is 1.60. The maximum Gasteiger partial charge on any atom is 0.440 e. The molecule has 0 N–H and O–H groups in total. The smallest absolute Gasteiger partial charge is 0.436 e. The van der Waals surface area contributed by atoms with E-state index >= 15 is 0 Å². The van der Waals surface area contributed by atoms with Crippen molar-refractivity contribution in [1.82, 2.24) is 0 Å². The number of halogens is 4. The van der Waals surface area contributed by atoms with Crippen molar-refractivity contribution in [2.75, 3.05) is 0 Å². The first-order valence-electron chi connectivity index (χ1n) is 2.22. The number of carbonyl (C=O) groups excluding carboxylic acids is 1. The first-order valence-corrected chi connectivity index (χ1v) is 2.65. The van der Waals surface area contributed by atoms with Gasteiger partial charge in [-0.2, -0.15) is 13.2 Å². The molecule has 0 aromatic carbocycles. The van der Waals surface area contributed by atoms with E-state index in [9.17, 15) is 18.0 Å². The molecule has 0 radical (unpaired) electrons. The molecule has 0 spiro atoms. The summed E-state index contributed by atoms with van der Waals surface area (Å²) in [7, 11) is 0. The second kappa shape index (κ2) is 3.09. The van der Waals surface area contributed by atoms with E-state index in [0.717, 1.165) is 6.92 Å². The molecular weight excluding hydrogens is 172 g/mol. The van der Waals surface area contributed by atoms with Crippen LogP contribution >= 0.6 is 11.6 Å². The highest BCUT2D eigenvalue weighted by atomic mass is 35.5. The molecule has 6 heteroatoms. The van der Waals surface area contributed by atoms with Gasteiger partial charge in [0.05, 0.1) is 0 Å². The molecule has 0 saturated carbocycles. The van der Waals surface area contributed by atoms with Crippen molar-refractivity contribution >= 4 is 17.6 Å². The Bertz CT molecular complexity index is 133. The normalized spacial score (nSPS) is 14.5. The van der Waals surface area contributed by atoms with Crippen LogP contribution in [0.1, 0.15) is 6.92 Å². The number of hydrogen-bond acceptors (Lipinski definition) is 2. The van der Waals surface area contributed by atoms with E-state index < -0.39 is 17.7 Å². The minimum Gasteiger partial charge on any atom is -0.436 e. The molecule has 10 heavy (non-hydrogen) atoms. The van der Waals surface area contributed by atoms with Gasteiger partial charge in [-0.3, -0.25) is 4.79 Å². The van der Waals surface area contributed by atoms with Gasteiger partial charge in [-0.15, -0.1) is 0 Å². The van der Waals surface area contributed by atoms with Gasteiger partial charge >= 0.3 is 12.1 Å². The van der Waals surface area contributed by atoms with Gasteiger partial charge in [0.1, 0.15) is 0 Å². The zero-order chi connectivity index (χ0) is 8.36. The third kappa shape index (κ3) is 3.55. The van der Waals surface area contributed by atoms with Crippen molar-refractivity contribution in [2.24, 2.45) is 0 Å². The minimum atomic E-state index is -4.69. The van der Waals surface area contributed by atoms with Crippen molar-refractivity contribution in [3.63, 3.8) is 0 Å². The van der Waals surface area contributed by atoms with Gasteiger partial charge in [0.2, 0.25) is 0 Å². The maximum absolute atomic E-state index is 11.4. The summed E-state index contributed by atoms with van der Waals surface area (Å²) in [5.74, 6) is -1.06. The predicted octanol–water partition coefficient (Wildman–Crippen LogP) is 1.68. The van der Waals surface area contributed by atoms with Gasteiger partial charge in [0.25, 0.3) is 5.56 Å². The number of carbonyl (C=O) groups is 1. The van der Waals surface area contributed by atoms with Gasteiger partial charge in [-0.05, 0) is 0 Å². The summed E-state index contributed by atoms with van der Waals surface area (Å²) >= 11 is 4.58. The molecule has 0 amide bonds. The van der Waals surface area contributed by atoms with Crippen LogP contribution in [0.3, 0.4) is 0 Å². The zero-order valence-electron chi connectivity index (χ0n) is 4.91. The lowest BCUT2D eigenvalue weighted by Gasteiger charge is -2.12. The lowest BCUT2D eigenvalue weighted by molar-refractivity contribution is -0.197. The van der Waals surface area contributed by atoms with Gasteiger partial charge < -0.3 is 4.74 Å². The highest BCUT2D eigenvalue weighted by Crippen LogP contribution is 2.25. The van der Waals surface area contributed by atoms with Gasteiger partial charge in [0.15, 0.2) is 0 Å². The van der Waals surface area contributed by atoms with Crippen LogP contribution in [-0.2, 0) is 9.53 Å². The number of alkyl halides is 4. The van der Waals surface area contributed by atoms with Crippen molar-refractivity contribution in [3.05, 3.63) is 0 Å². The molecule has 0 bridgehead atoms. The third-order valence-electron chi connectivity index (χ3n) is 0.527. The molecule has 60 valence electrons. The molecule has 0 rings (SSSR count). The molecule has 1 unspecified atom stereocenters. The van der Waals surface area contributed by atoms with E-state index in [1.54, 1.807) is 0 Å². The number of rotatable bonds is 1. The summed E-state index contributed by atoms with van der Waals surface area (Å²) in [5.41, 5.74) is -2.54. The molecule has 0 saturated heterocycles. The lowest BCUT2D eigenvalue weighted by atomic mass is 10.7. The minimum absolute atomic E-state index is 0.848. The van der Waals surface area contributed by atoms with E-state index in [-0.39, 0.29) is 0 Å². The SMILES string of the molecule is CC(=O)OC(Cl)C(F)(F)F. The van der Waals surface area contributed by atoms with E-state index in [1.165, 1.54) is 0 Å². The van der Waals surface area contributed by atoms with Crippen molar-refractivity contribution in [3.8, 4) is 0 Å². The summed E-state index contributed by atoms with van der Waals surface area (Å²) in [6.45, 7) is 0.848. The van der Waals surface area contributed by atoms with Gasteiger partial charge in [-0.1, -0.05) is 11.6 Å². The summed E-state index contributed by atoms with van der Waals surface area (Å²) in [4.78, 5) is 9.89. The Labute approximate surface area is 59.9 Å². The summed E-state index contributed by atoms with van der Waals surface area (Å²) in [6, 6.07) is 0. The van der Waals surface area contributed by atoms with Crippen molar-refractivity contribution in [2.45, 2.75) is 18.7 Å². The fourth-order valence-electron chi connectivity index (χ4n) is 0.213. The molecule has 0 fully saturated rings. The highest BCUT2D eigenvalue weighted by Gasteiger charge is 2.40. The molecule has 2 nitrogen and oxygen atoms in total. The Hall–Kier alpha value is -0.450. The Morgan fingerprint density at radius 2 is 2.00 bits per heavy atom. The molecule has 0 aliphatic carbocycles. The van der Waals surface area contributed by atoms with Crippen LogP contribution in [0.15, 0.2) is 0 Å². The molecule has 0 aliphatic rings. The lowest BCUT2D eigenvalue weighted by Crippen LogP contribution is -2.27. The van der Waals surface area contributed by atoms with Crippen LogP contribution in [0.25, 0.3) is 0 Å². The van der Waals surface area contributed by atoms with Crippen LogP contribution in [-0.4, -0.2) is 17.7 Å². The Balaban J connectivity index is 3.85. The third-order valence-corrected chi connectivity index (χ3v) is 0.863. The van der Waals surface area contributed by atoms with Crippen LogP contribution in [0.2, 0.25) is 0 Å². The molecule has 0 aromatic heterocycles. The quantitative estimate of drug-likeness (QED) is 0.449. The van der Waals surface area contributed by atoms with E-state index in [4.69, 9.17) is 0 Å².